The fraction of sp³-hybridized carbons (Fsp3) is 0. The number of nitro groups is 1. The van der Waals surface area contributed by atoms with E-state index in [-0.39, 0.29) is 16.4 Å². The van der Waals surface area contributed by atoms with Gasteiger partial charge >= 0.3 is 0 Å². The molecule has 0 aliphatic heterocycles. The highest BCUT2D eigenvalue weighted by Gasteiger charge is 2.18. The number of rotatable bonds is 4. The van der Waals surface area contributed by atoms with Gasteiger partial charge in [-0.25, -0.2) is 4.98 Å². The standard InChI is InChI=1S/C9H7BrN4O4S/c10-7-2-1-6(14(15)16)3-8(7)13-19(17,18)9-4-11-5-12-9/h1-5,13H,(H,11,12). The molecule has 1 heterocycles. The Kier molecular flexibility index (Phi) is 3.53. The molecule has 0 atom stereocenters. The first-order valence-corrected chi connectivity index (χ1v) is 7.13. The number of aromatic nitrogens is 2. The largest absolute Gasteiger partial charge is 0.334 e. The molecule has 0 spiro atoms. The zero-order valence-corrected chi connectivity index (χ0v) is 11.6. The number of imidazole rings is 1. The fourth-order valence-corrected chi connectivity index (χ4v) is 2.75. The Labute approximate surface area is 116 Å². The number of H-pyrrole nitrogens is 1. The van der Waals surface area contributed by atoms with Gasteiger partial charge in [-0.15, -0.1) is 0 Å². The molecule has 2 rings (SSSR count). The van der Waals surface area contributed by atoms with E-state index < -0.39 is 14.9 Å². The number of anilines is 1. The van der Waals surface area contributed by atoms with Crippen molar-refractivity contribution in [3.05, 3.63) is 45.3 Å². The second kappa shape index (κ2) is 4.97. The highest BCUT2D eigenvalue weighted by atomic mass is 79.9. The normalized spacial score (nSPS) is 11.2. The van der Waals surface area contributed by atoms with Gasteiger partial charge < -0.3 is 4.98 Å². The van der Waals surface area contributed by atoms with Crippen LogP contribution >= 0.6 is 15.9 Å². The van der Waals surface area contributed by atoms with E-state index in [9.17, 15) is 18.5 Å². The third-order valence-corrected chi connectivity index (χ3v) is 4.15. The van der Waals surface area contributed by atoms with E-state index >= 15 is 0 Å². The third kappa shape index (κ3) is 2.90. The zero-order valence-electron chi connectivity index (χ0n) is 9.20. The van der Waals surface area contributed by atoms with Gasteiger partial charge in [0, 0.05) is 16.6 Å². The van der Waals surface area contributed by atoms with Gasteiger partial charge in [0.25, 0.3) is 15.7 Å². The summed E-state index contributed by atoms with van der Waals surface area (Å²) in [6.45, 7) is 0. The molecule has 8 nitrogen and oxygen atoms in total. The van der Waals surface area contributed by atoms with Crippen molar-refractivity contribution in [1.82, 2.24) is 9.97 Å². The molecule has 10 heteroatoms. The first kappa shape index (κ1) is 13.5. The number of sulfonamides is 1. The lowest BCUT2D eigenvalue weighted by Crippen LogP contribution is -2.13. The zero-order chi connectivity index (χ0) is 14.0. The van der Waals surface area contributed by atoms with Crippen LogP contribution in [-0.2, 0) is 10.0 Å². The van der Waals surface area contributed by atoms with Crippen LogP contribution in [0.1, 0.15) is 0 Å². The number of benzene rings is 1. The van der Waals surface area contributed by atoms with E-state index in [1.807, 2.05) is 0 Å². The van der Waals surface area contributed by atoms with Gasteiger partial charge in [-0.3, -0.25) is 14.8 Å². The molecule has 19 heavy (non-hydrogen) atoms. The van der Waals surface area contributed by atoms with Gasteiger partial charge in [0.15, 0.2) is 5.03 Å². The van der Waals surface area contributed by atoms with E-state index in [2.05, 4.69) is 30.6 Å². The molecule has 2 N–H and O–H groups in total. The summed E-state index contributed by atoms with van der Waals surface area (Å²) < 4.78 is 26.5. The molecular formula is C9H7BrN4O4S. The average Bonchev–Trinajstić information content (AvgIpc) is 2.85. The molecular weight excluding hydrogens is 340 g/mol. The molecule has 1 aromatic carbocycles. The van der Waals surface area contributed by atoms with Crippen molar-refractivity contribution in [2.24, 2.45) is 0 Å². The number of aromatic amines is 1. The van der Waals surface area contributed by atoms with E-state index in [1.54, 1.807) is 0 Å². The van der Waals surface area contributed by atoms with Crippen LogP contribution < -0.4 is 4.72 Å². The van der Waals surface area contributed by atoms with Crippen LogP contribution in [0.4, 0.5) is 11.4 Å². The smallest absolute Gasteiger partial charge is 0.279 e. The molecule has 0 fully saturated rings. The predicted octanol–water partition coefficient (Wildman–Crippen LogP) is 1.88. The van der Waals surface area contributed by atoms with Crippen molar-refractivity contribution < 1.29 is 13.3 Å². The molecule has 0 radical (unpaired) electrons. The van der Waals surface area contributed by atoms with Gasteiger partial charge in [0.2, 0.25) is 0 Å². The van der Waals surface area contributed by atoms with Gasteiger partial charge in [0.1, 0.15) is 0 Å². The molecule has 0 amide bonds. The van der Waals surface area contributed by atoms with Crippen LogP contribution in [0.3, 0.4) is 0 Å². The minimum atomic E-state index is -3.86. The average molecular weight is 347 g/mol. The molecule has 2 aromatic rings. The molecule has 0 unspecified atom stereocenters. The quantitative estimate of drug-likeness (QED) is 0.647. The molecule has 0 bridgehead atoms. The second-order valence-corrected chi connectivity index (χ2v) is 5.95. The lowest BCUT2D eigenvalue weighted by Gasteiger charge is -2.07. The summed E-state index contributed by atoms with van der Waals surface area (Å²) in [7, 11) is -3.86. The lowest BCUT2D eigenvalue weighted by atomic mass is 10.3. The van der Waals surface area contributed by atoms with Gasteiger partial charge in [-0.1, -0.05) is 0 Å². The molecule has 0 saturated heterocycles. The number of non-ortho nitro benzene ring substituents is 1. The Bertz CT molecular complexity index is 714. The maximum Gasteiger partial charge on any atom is 0.279 e. The van der Waals surface area contributed by atoms with Crippen LogP contribution in [0.25, 0.3) is 0 Å². The molecule has 0 aliphatic carbocycles. The van der Waals surface area contributed by atoms with Crippen LogP contribution in [0, 0.1) is 10.1 Å². The summed E-state index contributed by atoms with van der Waals surface area (Å²) in [5, 5.41) is 10.5. The van der Waals surface area contributed by atoms with Crippen molar-refractivity contribution in [2.45, 2.75) is 5.03 Å². The van der Waals surface area contributed by atoms with Crippen molar-refractivity contribution in [3.8, 4) is 0 Å². The number of hydrogen-bond donors (Lipinski definition) is 2. The second-order valence-electron chi connectivity index (χ2n) is 3.44. The first-order chi connectivity index (χ1) is 8.90. The number of halogens is 1. The Balaban J connectivity index is 2.39. The first-order valence-electron chi connectivity index (χ1n) is 4.85. The molecule has 1 aromatic heterocycles. The van der Waals surface area contributed by atoms with E-state index in [4.69, 9.17) is 0 Å². The minimum absolute atomic E-state index is 0.0730. The van der Waals surface area contributed by atoms with Crippen LogP contribution in [0.15, 0.2) is 40.2 Å². The minimum Gasteiger partial charge on any atom is -0.334 e. The summed E-state index contributed by atoms with van der Waals surface area (Å²) in [6, 6.07) is 3.78. The van der Waals surface area contributed by atoms with Gasteiger partial charge in [-0.2, -0.15) is 8.42 Å². The number of nitro benzene ring substituents is 1. The maximum atomic E-state index is 11.9. The van der Waals surface area contributed by atoms with Crippen molar-refractivity contribution >= 4 is 37.3 Å². The summed E-state index contributed by atoms with van der Waals surface area (Å²) in [5.41, 5.74) is -0.144. The number of nitrogens with zero attached hydrogens (tertiary/aromatic N) is 2. The van der Waals surface area contributed by atoms with E-state index in [0.717, 1.165) is 12.3 Å². The predicted molar refractivity (Wildman–Crippen MR) is 70.2 cm³/mol. The van der Waals surface area contributed by atoms with Gasteiger partial charge in [0.05, 0.1) is 23.1 Å². The number of nitrogens with one attached hydrogen (secondary N) is 2. The van der Waals surface area contributed by atoms with Crippen LogP contribution in [0.5, 0.6) is 0 Å². The van der Waals surface area contributed by atoms with Gasteiger partial charge in [-0.05, 0) is 22.0 Å². The summed E-state index contributed by atoms with van der Waals surface area (Å²) in [5.74, 6) is 0. The van der Waals surface area contributed by atoms with Crippen molar-refractivity contribution in [3.63, 3.8) is 0 Å². The van der Waals surface area contributed by atoms with Crippen LogP contribution in [0.2, 0.25) is 0 Å². The van der Waals surface area contributed by atoms with Crippen LogP contribution in [-0.4, -0.2) is 23.3 Å². The number of hydrogen-bond acceptors (Lipinski definition) is 5. The van der Waals surface area contributed by atoms with Crippen molar-refractivity contribution in [1.29, 1.82) is 0 Å². The SMILES string of the molecule is O=[N+]([O-])c1ccc(Br)c(NS(=O)(=O)c2cnc[nH]2)c1. The Morgan fingerprint density at radius 3 is 2.74 bits per heavy atom. The lowest BCUT2D eigenvalue weighted by molar-refractivity contribution is -0.384. The Morgan fingerprint density at radius 2 is 2.16 bits per heavy atom. The summed E-state index contributed by atoms with van der Waals surface area (Å²) in [4.78, 5) is 16.1. The van der Waals surface area contributed by atoms with Crippen molar-refractivity contribution in [2.75, 3.05) is 4.72 Å². The van der Waals surface area contributed by atoms with E-state index in [1.165, 1.54) is 18.5 Å². The summed E-state index contributed by atoms with van der Waals surface area (Å²) in [6.07, 6.45) is 2.35. The topological polar surface area (TPSA) is 118 Å². The third-order valence-electron chi connectivity index (χ3n) is 2.17. The monoisotopic (exact) mass is 346 g/mol. The molecule has 100 valence electrons. The van der Waals surface area contributed by atoms with E-state index in [0.29, 0.717) is 4.47 Å². The Morgan fingerprint density at radius 1 is 1.42 bits per heavy atom. The molecule has 0 saturated carbocycles. The summed E-state index contributed by atoms with van der Waals surface area (Å²) >= 11 is 3.12. The highest BCUT2D eigenvalue weighted by molar-refractivity contribution is 9.10. The molecule has 0 aliphatic rings. The maximum absolute atomic E-state index is 11.9. The highest BCUT2D eigenvalue weighted by Crippen LogP contribution is 2.28. The fourth-order valence-electron chi connectivity index (χ4n) is 1.29. The Hall–Kier alpha value is -1.94.